The fraction of sp³-hybridized carbons (Fsp3) is 0.643. The third-order valence-electron chi connectivity index (χ3n) is 3.72. The molecule has 6 nitrogen and oxygen atoms in total. The summed E-state index contributed by atoms with van der Waals surface area (Å²) < 4.78 is 5.72. The molecule has 1 saturated carbocycles. The van der Waals surface area contributed by atoms with Gasteiger partial charge >= 0.3 is 5.97 Å². The van der Waals surface area contributed by atoms with E-state index in [0.29, 0.717) is 36.3 Å². The van der Waals surface area contributed by atoms with Crippen LogP contribution in [0.4, 0.5) is 5.82 Å². The predicted octanol–water partition coefficient (Wildman–Crippen LogP) is 2.16. The first-order valence-corrected chi connectivity index (χ1v) is 7.02. The molecule has 0 amide bonds. The van der Waals surface area contributed by atoms with Crippen molar-refractivity contribution < 1.29 is 14.6 Å². The maximum Gasteiger partial charge on any atom is 0.339 e. The molecule has 0 saturated heterocycles. The minimum absolute atomic E-state index is 0.193. The van der Waals surface area contributed by atoms with Crippen molar-refractivity contribution >= 4 is 11.8 Å². The zero-order chi connectivity index (χ0) is 14.5. The summed E-state index contributed by atoms with van der Waals surface area (Å²) in [6.45, 7) is 4.59. The lowest BCUT2D eigenvalue weighted by Gasteiger charge is -2.13. The van der Waals surface area contributed by atoms with Crippen molar-refractivity contribution in [2.45, 2.75) is 45.6 Å². The lowest BCUT2D eigenvalue weighted by atomic mass is 10.1. The molecular weight excluding hydrogens is 258 g/mol. The number of ether oxygens (including phenoxy) is 1. The second-order valence-electron chi connectivity index (χ2n) is 5.14. The fourth-order valence-electron chi connectivity index (χ4n) is 2.44. The van der Waals surface area contributed by atoms with Crippen LogP contribution in [0.25, 0.3) is 0 Å². The van der Waals surface area contributed by atoms with Crippen LogP contribution in [0.1, 0.15) is 47.3 Å². The Hall–Kier alpha value is -1.69. The van der Waals surface area contributed by atoms with Crippen LogP contribution in [0.5, 0.6) is 0 Å². The highest BCUT2D eigenvalue weighted by Gasteiger charge is 2.18. The molecule has 1 fully saturated rings. The molecule has 0 atom stereocenters. The Morgan fingerprint density at radius 1 is 1.35 bits per heavy atom. The van der Waals surface area contributed by atoms with Crippen LogP contribution in [-0.4, -0.2) is 40.5 Å². The maximum absolute atomic E-state index is 11.3. The summed E-state index contributed by atoms with van der Waals surface area (Å²) in [6.07, 6.45) is 5.10. The smallest absolute Gasteiger partial charge is 0.339 e. The van der Waals surface area contributed by atoms with Crippen molar-refractivity contribution in [3.8, 4) is 0 Å². The molecule has 0 radical (unpaired) electrons. The van der Waals surface area contributed by atoms with Crippen LogP contribution in [0.2, 0.25) is 0 Å². The van der Waals surface area contributed by atoms with Crippen molar-refractivity contribution in [3.05, 3.63) is 16.8 Å². The van der Waals surface area contributed by atoms with Gasteiger partial charge in [0.15, 0.2) is 5.82 Å². The van der Waals surface area contributed by atoms with E-state index in [2.05, 4.69) is 15.5 Å². The normalized spacial score (nSPS) is 15.5. The number of hydrogen-bond acceptors (Lipinski definition) is 5. The molecule has 110 valence electrons. The van der Waals surface area contributed by atoms with Crippen molar-refractivity contribution in [1.29, 1.82) is 0 Å². The van der Waals surface area contributed by atoms with Gasteiger partial charge in [0.2, 0.25) is 0 Å². The van der Waals surface area contributed by atoms with Crippen LogP contribution >= 0.6 is 0 Å². The number of nitrogens with one attached hydrogen (secondary N) is 1. The molecule has 0 unspecified atom stereocenters. The number of aromatic carboxylic acids is 1. The predicted molar refractivity (Wildman–Crippen MR) is 75.2 cm³/mol. The van der Waals surface area contributed by atoms with E-state index in [1.807, 2.05) is 0 Å². The lowest BCUT2D eigenvalue weighted by Crippen LogP contribution is -2.18. The summed E-state index contributed by atoms with van der Waals surface area (Å²) in [7, 11) is 0. The molecule has 0 aromatic carbocycles. The van der Waals surface area contributed by atoms with Gasteiger partial charge in [-0.05, 0) is 32.3 Å². The number of carboxylic acids is 1. The summed E-state index contributed by atoms with van der Waals surface area (Å²) in [5.74, 6) is -0.671. The van der Waals surface area contributed by atoms with Gasteiger partial charge in [-0.15, -0.1) is 5.10 Å². The molecule has 1 aliphatic rings. The Bertz CT molecular complexity index is 485. The first kappa shape index (κ1) is 14.7. The van der Waals surface area contributed by atoms with Gasteiger partial charge in [0.05, 0.1) is 18.4 Å². The van der Waals surface area contributed by atoms with Gasteiger partial charge in [0.1, 0.15) is 5.56 Å². The van der Waals surface area contributed by atoms with Crippen LogP contribution < -0.4 is 5.32 Å². The molecule has 1 heterocycles. The Balaban J connectivity index is 1.91. The minimum atomic E-state index is -0.986. The van der Waals surface area contributed by atoms with E-state index < -0.39 is 5.97 Å². The highest BCUT2D eigenvalue weighted by atomic mass is 16.5. The van der Waals surface area contributed by atoms with E-state index in [4.69, 9.17) is 4.74 Å². The van der Waals surface area contributed by atoms with Crippen LogP contribution in [-0.2, 0) is 4.74 Å². The van der Waals surface area contributed by atoms with Crippen molar-refractivity contribution in [2.75, 3.05) is 18.5 Å². The maximum atomic E-state index is 11.3. The molecule has 0 spiro atoms. The first-order valence-electron chi connectivity index (χ1n) is 7.02. The highest BCUT2D eigenvalue weighted by molar-refractivity contribution is 5.94. The number of aryl methyl sites for hydroxylation is 1. The number of anilines is 1. The standard InChI is InChI=1S/C14H21N3O3/c1-9-10(2)16-17-13(12(9)14(18)19)15-7-8-20-11-5-3-4-6-11/h11H,3-8H2,1-2H3,(H,15,17)(H,18,19). The Kier molecular flexibility index (Phi) is 4.89. The highest BCUT2D eigenvalue weighted by Crippen LogP contribution is 2.21. The topological polar surface area (TPSA) is 84.3 Å². The first-order chi connectivity index (χ1) is 9.59. The largest absolute Gasteiger partial charge is 0.478 e. The molecular formula is C14H21N3O3. The molecule has 6 heteroatoms. The monoisotopic (exact) mass is 279 g/mol. The Labute approximate surface area is 118 Å². The van der Waals surface area contributed by atoms with Gasteiger partial charge in [0.25, 0.3) is 0 Å². The van der Waals surface area contributed by atoms with Gasteiger partial charge in [-0.1, -0.05) is 12.8 Å². The molecule has 0 aliphatic heterocycles. The number of carboxylic acid groups (broad SMARTS) is 1. The Morgan fingerprint density at radius 3 is 2.70 bits per heavy atom. The summed E-state index contributed by atoms with van der Waals surface area (Å²) in [5.41, 5.74) is 1.47. The molecule has 1 aliphatic carbocycles. The molecule has 2 N–H and O–H groups in total. The zero-order valence-electron chi connectivity index (χ0n) is 12.0. The molecule has 1 aromatic rings. The van der Waals surface area contributed by atoms with Gasteiger partial charge in [0, 0.05) is 6.54 Å². The molecule has 2 rings (SSSR count). The third kappa shape index (κ3) is 3.45. The second-order valence-corrected chi connectivity index (χ2v) is 5.14. The van der Waals surface area contributed by atoms with Gasteiger partial charge in [-0.2, -0.15) is 5.10 Å². The van der Waals surface area contributed by atoms with E-state index in [1.54, 1.807) is 13.8 Å². The molecule has 0 bridgehead atoms. The zero-order valence-corrected chi connectivity index (χ0v) is 12.0. The number of aromatic nitrogens is 2. The van der Waals surface area contributed by atoms with Gasteiger partial charge < -0.3 is 15.2 Å². The third-order valence-corrected chi connectivity index (χ3v) is 3.72. The van der Waals surface area contributed by atoms with Crippen molar-refractivity contribution in [1.82, 2.24) is 10.2 Å². The van der Waals surface area contributed by atoms with E-state index in [9.17, 15) is 9.90 Å². The van der Waals surface area contributed by atoms with E-state index >= 15 is 0 Å². The Morgan fingerprint density at radius 2 is 2.05 bits per heavy atom. The van der Waals surface area contributed by atoms with Crippen molar-refractivity contribution in [2.24, 2.45) is 0 Å². The van der Waals surface area contributed by atoms with E-state index in [-0.39, 0.29) is 5.56 Å². The van der Waals surface area contributed by atoms with Gasteiger partial charge in [-0.3, -0.25) is 0 Å². The van der Waals surface area contributed by atoms with Crippen molar-refractivity contribution in [3.63, 3.8) is 0 Å². The molecule has 20 heavy (non-hydrogen) atoms. The summed E-state index contributed by atoms with van der Waals surface area (Å²) in [5, 5.41) is 20.2. The quantitative estimate of drug-likeness (QED) is 0.776. The number of hydrogen-bond donors (Lipinski definition) is 2. The summed E-state index contributed by atoms with van der Waals surface area (Å²) in [6, 6.07) is 0. The van der Waals surface area contributed by atoms with Crippen LogP contribution in [0.3, 0.4) is 0 Å². The van der Waals surface area contributed by atoms with Crippen LogP contribution in [0, 0.1) is 13.8 Å². The summed E-state index contributed by atoms with van der Waals surface area (Å²) >= 11 is 0. The number of carbonyl (C=O) groups is 1. The van der Waals surface area contributed by atoms with Crippen LogP contribution in [0.15, 0.2) is 0 Å². The van der Waals surface area contributed by atoms with Gasteiger partial charge in [-0.25, -0.2) is 4.79 Å². The average molecular weight is 279 g/mol. The summed E-state index contributed by atoms with van der Waals surface area (Å²) in [4.78, 5) is 11.3. The lowest BCUT2D eigenvalue weighted by molar-refractivity contribution is 0.0655. The van der Waals surface area contributed by atoms with E-state index in [0.717, 1.165) is 12.8 Å². The average Bonchev–Trinajstić information content (AvgIpc) is 2.91. The fourth-order valence-corrected chi connectivity index (χ4v) is 2.44. The number of rotatable bonds is 6. The molecule has 1 aromatic heterocycles. The van der Waals surface area contributed by atoms with E-state index in [1.165, 1.54) is 12.8 Å². The minimum Gasteiger partial charge on any atom is -0.478 e. The SMILES string of the molecule is Cc1nnc(NCCOC2CCCC2)c(C(=O)O)c1C. The number of nitrogens with zero attached hydrogens (tertiary/aromatic N) is 2. The second kappa shape index (κ2) is 6.65.